The lowest BCUT2D eigenvalue weighted by Crippen LogP contribution is -1.98. The topological polar surface area (TPSA) is 56.2 Å². The molecular formula is C12H15NO2. The van der Waals surface area contributed by atoms with Gasteiger partial charge in [-0.3, -0.25) is 0 Å². The van der Waals surface area contributed by atoms with Gasteiger partial charge in [0.1, 0.15) is 5.75 Å². The molecule has 0 spiro atoms. The number of aromatic hydroxyl groups is 1. The van der Waals surface area contributed by atoms with Crippen LogP contribution in [0.15, 0.2) is 18.2 Å². The summed E-state index contributed by atoms with van der Waals surface area (Å²) in [7, 11) is 0. The molecule has 1 aromatic heterocycles. The van der Waals surface area contributed by atoms with E-state index in [-0.39, 0.29) is 18.3 Å². The monoisotopic (exact) mass is 205 g/mol. The summed E-state index contributed by atoms with van der Waals surface area (Å²) in [5.41, 5.74) is 2.75. The highest BCUT2D eigenvalue weighted by atomic mass is 16.3. The van der Waals surface area contributed by atoms with Crippen molar-refractivity contribution in [3.05, 3.63) is 29.5 Å². The molecule has 2 rings (SSSR count). The standard InChI is InChI=1S/C12H15NO2/c1-7(6-14)9-3-4-11-10(12(9)15)5-8(2)13-11/h3-5,7,13-15H,6H2,1-2H3. The van der Waals surface area contributed by atoms with Crippen LogP contribution < -0.4 is 0 Å². The highest BCUT2D eigenvalue weighted by Gasteiger charge is 2.13. The van der Waals surface area contributed by atoms with Crippen molar-refractivity contribution in [1.82, 2.24) is 4.98 Å². The summed E-state index contributed by atoms with van der Waals surface area (Å²) in [6.07, 6.45) is 0. The third kappa shape index (κ3) is 1.59. The summed E-state index contributed by atoms with van der Waals surface area (Å²) in [5, 5.41) is 19.9. The van der Waals surface area contributed by atoms with E-state index in [0.717, 1.165) is 22.2 Å². The fraction of sp³-hybridized carbons (Fsp3) is 0.333. The predicted octanol–water partition coefficient (Wildman–Crippen LogP) is 2.28. The third-order valence-corrected chi connectivity index (χ3v) is 2.75. The number of phenols is 1. The average Bonchev–Trinajstić information content (AvgIpc) is 2.59. The van der Waals surface area contributed by atoms with E-state index in [4.69, 9.17) is 5.11 Å². The van der Waals surface area contributed by atoms with Crippen LogP contribution in [-0.4, -0.2) is 21.8 Å². The zero-order valence-corrected chi connectivity index (χ0v) is 8.91. The van der Waals surface area contributed by atoms with Gasteiger partial charge >= 0.3 is 0 Å². The molecule has 15 heavy (non-hydrogen) atoms. The van der Waals surface area contributed by atoms with Crippen molar-refractivity contribution in [1.29, 1.82) is 0 Å². The minimum atomic E-state index is -0.0374. The van der Waals surface area contributed by atoms with Crippen molar-refractivity contribution in [2.75, 3.05) is 6.61 Å². The Labute approximate surface area is 88.4 Å². The van der Waals surface area contributed by atoms with Crippen LogP contribution >= 0.6 is 0 Å². The lowest BCUT2D eigenvalue weighted by Gasteiger charge is -2.10. The minimum Gasteiger partial charge on any atom is -0.507 e. The van der Waals surface area contributed by atoms with Crippen LogP contribution in [0.3, 0.4) is 0 Å². The Morgan fingerprint density at radius 2 is 2.13 bits per heavy atom. The van der Waals surface area contributed by atoms with Crippen LogP contribution in [0.4, 0.5) is 0 Å². The number of benzene rings is 1. The van der Waals surface area contributed by atoms with Crippen molar-refractivity contribution >= 4 is 10.9 Å². The highest BCUT2D eigenvalue weighted by molar-refractivity contribution is 5.87. The van der Waals surface area contributed by atoms with Gasteiger partial charge in [0.05, 0.1) is 0 Å². The number of nitrogens with one attached hydrogen (secondary N) is 1. The largest absolute Gasteiger partial charge is 0.507 e. The van der Waals surface area contributed by atoms with Crippen molar-refractivity contribution < 1.29 is 10.2 Å². The number of hydrogen-bond donors (Lipinski definition) is 3. The van der Waals surface area contributed by atoms with Crippen molar-refractivity contribution in [3.63, 3.8) is 0 Å². The first kappa shape index (κ1) is 10.1. The van der Waals surface area contributed by atoms with Crippen LogP contribution in [0.5, 0.6) is 5.75 Å². The fourth-order valence-corrected chi connectivity index (χ4v) is 1.84. The quantitative estimate of drug-likeness (QED) is 0.704. The smallest absolute Gasteiger partial charge is 0.128 e. The van der Waals surface area contributed by atoms with E-state index in [1.54, 1.807) is 0 Å². The van der Waals surface area contributed by atoms with E-state index < -0.39 is 0 Å². The van der Waals surface area contributed by atoms with E-state index in [2.05, 4.69) is 4.98 Å². The van der Waals surface area contributed by atoms with Gasteiger partial charge in [-0.1, -0.05) is 13.0 Å². The summed E-state index contributed by atoms with van der Waals surface area (Å²) in [6.45, 7) is 3.89. The number of aromatic nitrogens is 1. The molecule has 0 saturated carbocycles. The zero-order chi connectivity index (χ0) is 11.0. The van der Waals surface area contributed by atoms with Crippen molar-refractivity contribution in [2.24, 2.45) is 0 Å². The maximum absolute atomic E-state index is 10.0. The number of hydrogen-bond acceptors (Lipinski definition) is 2. The number of aliphatic hydroxyl groups is 1. The maximum Gasteiger partial charge on any atom is 0.128 e. The van der Waals surface area contributed by atoms with Gasteiger partial charge in [0.2, 0.25) is 0 Å². The number of rotatable bonds is 2. The Bertz CT molecular complexity index is 488. The molecule has 1 atom stereocenters. The highest BCUT2D eigenvalue weighted by Crippen LogP contribution is 2.33. The molecule has 0 aliphatic heterocycles. The van der Waals surface area contributed by atoms with Gasteiger partial charge in [-0.25, -0.2) is 0 Å². The fourth-order valence-electron chi connectivity index (χ4n) is 1.84. The molecule has 0 fully saturated rings. The first-order valence-electron chi connectivity index (χ1n) is 5.05. The number of H-pyrrole nitrogens is 1. The Balaban J connectivity index is 2.64. The molecule has 0 aliphatic rings. The number of aryl methyl sites for hydroxylation is 1. The number of phenolic OH excluding ortho intramolecular Hbond substituents is 1. The van der Waals surface area contributed by atoms with Crippen molar-refractivity contribution in [3.8, 4) is 5.75 Å². The molecule has 3 nitrogen and oxygen atoms in total. The van der Waals surface area contributed by atoms with Gasteiger partial charge < -0.3 is 15.2 Å². The van der Waals surface area contributed by atoms with Crippen LogP contribution in [0, 0.1) is 6.92 Å². The van der Waals surface area contributed by atoms with Gasteiger partial charge in [-0.2, -0.15) is 0 Å². The lowest BCUT2D eigenvalue weighted by molar-refractivity contribution is 0.270. The van der Waals surface area contributed by atoms with Crippen molar-refractivity contribution in [2.45, 2.75) is 19.8 Å². The molecular weight excluding hydrogens is 190 g/mol. The molecule has 0 bridgehead atoms. The van der Waals surface area contributed by atoms with Crippen LogP contribution in [0.2, 0.25) is 0 Å². The molecule has 0 aliphatic carbocycles. The molecule has 1 heterocycles. The van der Waals surface area contributed by atoms with Gasteiger partial charge in [-0.05, 0) is 24.6 Å². The van der Waals surface area contributed by atoms with Gasteiger partial charge in [0, 0.05) is 29.1 Å². The van der Waals surface area contributed by atoms with E-state index in [9.17, 15) is 5.11 Å². The number of fused-ring (bicyclic) bond motifs is 1. The average molecular weight is 205 g/mol. The van der Waals surface area contributed by atoms with E-state index >= 15 is 0 Å². The van der Waals surface area contributed by atoms with Gasteiger partial charge in [0.15, 0.2) is 0 Å². The Morgan fingerprint density at radius 3 is 2.80 bits per heavy atom. The van der Waals surface area contributed by atoms with Crippen LogP contribution in [-0.2, 0) is 0 Å². The minimum absolute atomic E-state index is 0.0374. The molecule has 0 amide bonds. The Kier molecular flexibility index (Phi) is 2.40. The summed E-state index contributed by atoms with van der Waals surface area (Å²) in [4.78, 5) is 3.16. The Morgan fingerprint density at radius 1 is 1.40 bits per heavy atom. The molecule has 0 saturated heterocycles. The third-order valence-electron chi connectivity index (χ3n) is 2.75. The van der Waals surface area contributed by atoms with Crippen LogP contribution in [0.25, 0.3) is 10.9 Å². The second-order valence-electron chi connectivity index (χ2n) is 4.00. The normalized spacial score (nSPS) is 13.3. The first-order chi connectivity index (χ1) is 7.13. The van der Waals surface area contributed by atoms with Gasteiger partial charge in [-0.15, -0.1) is 0 Å². The van der Waals surface area contributed by atoms with Crippen LogP contribution in [0.1, 0.15) is 24.1 Å². The summed E-state index contributed by atoms with van der Waals surface area (Å²) in [5.74, 6) is 0.239. The van der Waals surface area contributed by atoms with E-state index in [1.807, 2.05) is 32.0 Å². The second-order valence-corrected chi connectivity index (χ2v) is 4.00. The number of aliphatic hydroxyl groups excluding tert-OH is 1. The second kappa shape index (κ2) is 3.59. The molecule has 3 heteroatoms. The first-order valence-corrected chi connectivity index (χ1v) is 5.05. The summed E-state index contributed by atoms with van der Waals surface area (Å²) < 4.78 is 0. The Hall–Kier alpha value is -1.48. The molecule has 1 aromatic carbocycles. The van der Waals surface area contributed by atoms with Gasteiger partial charge in [0.25, 0.3) is 0 Å². The zero-order valence-electron chi connectivity index (χ0n) is 8.91. The molecule has 3 N–H and O–H groups in total. The molecule has 80 valence electrons. The summed E-state index contributed by atoms with van der Waals surface area (Å²) >= 11 is 0. The SMILES string of the molecule is Cc1cc2c(O)c(C(C)CO)ccc2[nH]1. The van der Waals surface area contributed by atoms with E-state index in [1.165, 1.54) is 0 Å². The van der Waals surface area contributed by atoms with E-state index in [0.29, 0.717) is 0 Å². The molecule has 2 aromatic rings. The molecule has 0 radical (unpaired) electrons. The summed E-state index contributed by atoms with van der Waals surface area (Å²) in [6, 6.07) is 5.70. The predicted molar refractivity (Wildman–Crippen MR) is 60.2 cm³/mol. The molecule has 1 unspecified atom stereocenters. The number of aromatic amines is 1. The lowest BCUT2D eigenvalue weighted by atomic mass is 9.99. The maximum atomic E-state index is 10.0.